The molecule has 11 heteroatoms. The van der Waals surface area contributed by atoms with Crippen molar-refractivity contribution in [1.29, 1.82) is 0 Å². The smallest absolute Gasteiger partial charge is 0.269 e. The molecule has 2 amide bonds. The Morgan fingerprint density at radius 2 is 2.04 bits per heavy atom. The number of benzene rings is 1. The van der Waals surface area contributed by atoms with E-state index in [1.54, 1.807) is 6.07 Å². The second kappa shape index (κ2) is 6.73. The molecule has 0 saturated heterocycles. The number of rotatable bonds is 5. The summed E-state index contributed by atoms with van der Waals surface area (Å²) in [5.74, 6) is -1.36. The first-order valence-electron chi connectivity index (χ1n) is 7.25. The minimum absolute atomic E-state index is 0.0711. The van der Waals surface area contributed by atoms with Crippen LogP contribution in [0.5, 0.6) is 0 Å². The standard InChI is InChI=1S/C14H14N4O4S3/c1-8(2)23-14-17-16-13(24-14)15-11(19)7-18-12(20)9-5-3-4-6-10(9)25(18,21)22/h3-6,8H,7H2,1-2H3,(H,15,16,19). The number of sulfonamides is 1. The van der Waals surface area contributed by atoms with Crippen molar-refractivity contribution < 1.29 is 18.0 Å². The fourth-order valence-corrected chi connectivity index (χ4v) is 5.70. The lowest BCUT2D eigenvalue weighted by Crippen LogP contribution is -2.37. The first-order valence-corrected chi connectivity index (χ1v) is 10.4. The van der Waals surface area contributed by atoms with Crippen LogP contribution in [-0.4, -0.2) is 46.5 Å². The van der Waals surface area contributed by atoms with Gasteiger partial charge in [0, 0.05) is 5.25 Å². The van der Waals surface area contributed by atoms with E-state index in [0.29, 0.717) is 13.9 Å². The van der Waals surface area contributed by atoms with Gasteiger partial charge in [-0.3, -0.25) is 14.9 Å². The third kappa shape index (κ3) is 3.53. The second-order valence-electron chi connectivity index (χ2n) is 5.40. The lowest BCUT2D eigenvalue weighted by molar-refractivity contribution is -0.116. The van der Waals surface area contributed by atoms with Crippen LogP contribution in [0.25, 0.3) is 0 Å². The first-order chi connectivity index (χ1) is 11.8. The Balaban J connectivity index is 1.72. The van der Waals surface area contributed by atoms with Crippen molar-refractivity contribution in [3.05, 3.63) is 29.8 Å². The van der Waals surface area contributed by atoms with Gasteiger partial charge in [-0.2, -0.15) is 0 Å². The van der Waals surface area contributed by atoms with E-state index < -0.39 is 28.4 Å². The summed E-state index contributed by atoms with van der Waals surface area (Å²) in [4.78, 5) is 24.3. The van der Waals surface area contributed by atoms with E-state index in [1.807, 2.05) is 13.8 Å². The summed E-state index contributed by atoms with van der Waals surface area (Å²) >= 11 is 2.70. The summed E-state index contributed by atoms with van der Waals surface area (Å²) in [6, 6.07) is 5.88. The quantitative estimate of drug-likeness (QED) is 0.604. The van der Waals surface area contributed by atoms with Gasteiger partial charge in [-0.15, -0.1) is 10.2 Å². The molecule has 132 valence electrons. The van der Waals surface area contributed by atoms with E-state index in [-0.39, 0.29) is 15.6 Å². The fourth-order valence-electron chi connectivity index (χ4n) is 2.19. The maximum atomic E-state index is 12.4. The van der Waals surface area contributed by atoms with E-state index in [9.17, 15) is 18.0 Å². The first kappa shape index (κ1) is 17.8. The molecule has 1 aromatic heterocycles. The average Bonchev–Trinajstić information content (AvgIpc) is 3.04. The lowest BCUT2D eigenvalue weighted by Gasteiger charge is -2.13. The van der Waals surface area contributed by atoms with E-state index in [2.05, 4.69) is 15.5 Å². The second-order valence-corrected chi connectivity index (χ2v) is 10.0. The highest BCUT2D eigenvalue weighted by molar-refractivity contribution is 8.01. The zero-order chi connectivity index (χ0) is 18.2. The fraction of sp³-hybridized carbons (Fsp3) is 0.286. The molecule has 0 aliphatic carbocycles. The predicted octanol–water partition coefficient (Wildman–Crippen LogP) is 1.82. The Kier molecular flexibility index (Phi) is 4.80. The predicted molar refractivity (Wildman–Crippen MR) is 94.2 cm³/mol. The SMILES string of the molecule is CC(C)Sc1nnc(NC(=O)CN2C(=O)c3ccccc3S2(=O)=O)s1. The molecule has 1 aliphatic heterocycles. The summed E-state index contributed by atoms with van der Waals surface area (Å²) < 4.78 is 26.1. The number of thioether (sulfide) groups is 1. The molecule has 1 aromatic carbocycles. The van der Waals surface area contributed by atoms with Gasteiger partial charge in [-0.25, -0.2) is 12.7 Å². The van der Waals surface area contributed by atoms with Gasteiger partial charge >= 0.3 is 0 Å². The average molecular weight is 398 g/mol. The zero-order valence-electron chi connectivity index (χ0n) is 13.3. The molecule has 3 rings (SSSR count). The highest BCUT2D eigenvalue weighted by atomic mass is 32.2. The van der Waals surface area contributed by atoms with Crippen LogP contribution in [0.1, 0.15) is 24.2 Å². The van der Waals surface area contributed by atoms with Crippen molar-refractivity contribution in [1.82, 2.24) is 14.5 Å². The van der Waals surface area contributed by atoms with Crippen molar-refractivity contribution in [2.45, 2.75) is 28.3 Å². The van der Waals surface area contributed by atoms with E-state index in [4.69, 9.17) is 0 Å². The molecule has 0 fully saturated rings. The summed E-state index contributed by atoms with van der Waals surface area (Å²) in [7, 11) is -4.01. The minimum atomic E-state index is -4.01. The molecule has 0 spiro atoms. The molecule has 0 radical (unpaired) electrons. The molecule has 1 aliphatic rings. The Labute approximate surface area is 152 Å². The van der Waals surface area contributed by atoms with Crippen LogP contribution in [0.15, 0.2) is 33.5 Å². The van der Waals surface area contributed by atoms with Gasteiger partial charge in [0.05, 0.1) is 5.56 Å². The zero-order valence-corrected chi connectivity index (χ0v) is 15.7. The number of hydrogen-bond donors (Lipinski definition) is 1. The van der Waals surface area contributed by atoms with Gasteiger partial charge in [0.25, 0.3) is 15.9 Å². The molecule has 2 aromatic rings. The van der Waals surface area contributed by atoms with Gasteiger partial charge in [0.2, 0.25) is 11.0 Å². The molecule has 1 N–H and O–H groups in total. The molecule has 0 bridgehead atoms. The molecule has 0 unspecified atom stereocenters. The van der Waals surface area contributed by atoms with Gasteiger partial charge in [-0.05, 0) is 12.1 Å². The van der Waals surface area contributed by atoms with Crippen LogP contribution in [0.3, 0.4) is 0 Å². The minimum Gasteiger partial charge on any atom is -0.299 e. The monoisotopic (exact) mass is 398 g/mol. The highest BCUT2D eigenvalue weighted by Gasteiger charge is 2.41. The summed E-state index contributed by atoms with van der Waals surface area (Å²) in [5, 5.41) is 10.8. The Morgan fingerprint density at radius 1 is 1.32 bits per heavy atom. The van der Waals surface area contributed by atoms with E-state index in [0.717, 1.165) is 0 Å². The van der Waals surface area contributed by atoms with Gasteiger partial charge in [-0.1, -0.05) is 49.1 Å². The highest BCUT2D eigenvalue weighted by Crippen LogP contribution is 2.30. The molecule has 0 atom stereocenters. The molecule has 8 nitrogen and oxygen atoms in total. The van der Waals surface area contributed by atoms with Gasteiger partial charge in [0.15, 0.2) is 4.34 Å². The topological polar surface area (TPSA) is 109 Å². The summed E-state index contributed by atoms with van der Waals surface area (Å²) in [6.45, 7) is 3.40. The lowest BCUT2D eigenvalue weighted by atomic mass is 10.2. The number of aromatic nitrogens is 2. The largest absolute Gasteiger partial charge is 0.299 e. The number of amides is 2. The van der Waals surface area contributed by atoms with Crippen LogP contribution >= 0.6 is 23.1 Å². The van der Waals surface area contributed by atoms with Crippen molar-refractivity contribution in [3.8, 4) is 0 Å². The van der Waals surface area contributed by atoms with Crippen LogP contribution in [0, 0.1) is 0 Å². The van der Waals surface area contributed by atoms with Gasteiger partial charge in [0.1, 0.15) is 11.4 Å². The van der Waals surface area contributed by atoms with Crippen molar-refractivity contribution in [2.75, 3.05) is 11.9 Å². The van der Waals surface area contributed by atoms with Crippen LogP contribution in [0.2, 0.25) is 0 Å². The van der Waals surface area contributed by atoms with Crippen molar-refractivity contribution in [2.24, 2.45) is 0 Å². The van der Waals surface area contributed by atoms with Crippen LogP contribution < -0.4 is 5.32 Å². The molecular weight excluding hydrogens is 384 g/mol. The number of fused-ring (bicyclic) bond motifs is 1. The third-order valence-electron chi connectivity index (χ3n) is 3.19. The molecule has 25 heavy (non-hydrogen) atoms. The molecule has 0 saturated carbocycles. The summed E-state index contributed by atoms with van der Waals surface area (Å²) in [5.41, 5.74) is 0.0711. The van der Waals surface area contributed by atoms with Crippen LogP contribution in [0.4, 0.5) is 5.13 Å². The van der Waals surface area contributed by atoms with Crippen molar-refractivity contribution >= 4 is 50.1 Å². The van der Waals surface area contributed by atoms with Crippen LogP contribution in [-0.2, 0) is 14.8 Å². The maximum Gasteiger partial charge on any atom is 0.269 e. The number of carbonyl (C=O) groups is 2. The Morgan fingerprint density at radius 3 is 2.72 bits per heavy atom. The maximum absolute atomic E-state index is 12.4. The van der Waals surface area contributed by atoms with E-state index in [1.165, 1.54) is 41.3 Å². The van der Waals surface area contributed by atoms with Crippen molar-refractivity contribution in [3.63, 3.8) is 0 Å². The molecule has 2 heterocycles. The number of nitrogens with zero attached hydrogens (tertiary/aromatic N) is 3. The van der Waals surface area contributed by atoms with Gasteiger partial charge < -0.3 is 0 Å². The number of carbonyl (C=O) groups excluding carboxylic acids is 2. The Hall–Kier alpha value is -1.98. The summed E-state index contributed by atoms with van der Waals surface area (Å²) in [6.07, 6.45) is 0. The number of hydrogen-bond acceptors (Lipinski definition) is 8. The number of anilines is 1. The normalized spacial score (nSPS) is 15.5. The Bertz CT molecular complexity index is 939. The number of nitrogens with one attached hydrogen (secondary N) is 1. The van der Waals surface area contributed by atoms with E-state index >= 15 is 0 Å². The molecular formula is C14H14N4O4S3. The third-order valence-corrected chi connectivity index (χ3v) is 6.90.